The first-order valence-corrected chi connectivity index (χ1v) is 6.16. The third kappa shape index (κ3) is 5.34. The van der Waals surface area contributed by atoms with Gasteiger partial charge in [0, 0.05) is 6.08 Å². The average molecular weight is 232 g/mol. The molecule has 0 aliphatic carbocycles. The third-order valence-corrected chi connectivity index (χ3v) is 2.64. The molecule has 0 fully saturated rings. The van der Waals surface area contributed by atoms with Gasteiger partial charge in [-0.05, 0) is 31.7 Å². The summed E-state index contributed by atoms with van der Waals surface area (Å²) in [6.45, 7) is 4.32. The molecule has 0 saturated heterocycles. The molecule has 0 aromatic heterocycles. The van der Waals surface area contributed by atoms with E-state index in [2.05, 4.69) is 19.1 Å². The summed E-state index contributed by atoms with van der Waals surface area (Å²) in [6.07, 6.45) is 4.41. The Morgan fingerprint density at radius 3 is 2.53 bits per heavy atom. The van der Waals surface area contributed by atoms with Gasteiger partial charge < -0.3 is 4.74 Å². The van der Waals surface area contributed by atoms with Gasteiger partial charge in [-0.3, -0.25) is 0 Å². The standard InChI is InChI=1S/C15H20O2/c1-3-13(12-15(16)17-4-2)10-11-14-8-6-5-7-9-14/h5-9,12H,3-4,10-11H2,1-2H3/b13-12-. The first kappa shape index (κ1) is 13.5. The highest BCUT2D eigenvalue weighted by Gasteiger charge is 2.01. The van der Waals surface area contributed by atoms with Gasteiger partial charge in [0.1, 0.15) is 0 Å². The molecule has 0 spiro atoms. The lowest BCUT2D eigenvalue weighted by molar-refractivity contribution is -0.137. The van der Waals surface area contributed by atoms with Crippen LogP contribution in [0.5, 0.6) is 0 Å². The number of carbonyl (C=O) groups excluding carboxylic acids is 1. The Morgan fingerprint density at radius 1 is 1.24 bits per heavy atom. The minimum Gasteiger partial charge on any atom is -0.463 e. The first-order chi connectivity index (χ1) is 8.26. The Hall–Kier alpha value is -1.57. The molecular formula is C15H20O2. The molecule has 0 atom stereocenters. The van der Waals surface area contributed by atoms with E-state index >= 15 is 0 Å². The molecule has 2 heteroatoms. The van der Waals surface area contributed by atoms with Crippen molar-refractivity contribution in [2.45, 2.75) is 33.1 Å². The van der Waals surface area contributed by atoms with Gasteiger partial charge in [-0.2, -0.15) is 0 Å². The van der Waals surface area contributed by atoms with Gasteiger partial charge in [-0.1, -0.05) is 42.8 Å². The number of rotatable bonds is 6. The van der Waals surface area contributed by atoms with Crippen LogP contribution in [0.25, 0.3) is 0 Å². The van der Waals surface area contributed by atoms with Gasteiger partial charge >= 0.3 is 5.97 Å². The number of hydrogen-bond acceptors (Lipinski definition) is 2. The van der Waals surface area contributed by atoms with Crippen LogP contribution in [-0.2, 0) is 16.0 Å². The minimum atomic E-state index is -0.225. The van der Waals surface area contributed by atoms with Gasteiger partial charge in [-0.15, -0.1) is 0 Å². The topological polar surface area (TPSA) is 26.3 Å². The summed E-state index contributed by atoms with van der Waals surface area (Å²) < 4.78 is 4.91. The lowest BCUT2D eigenvalue weighted by atomic mass is 10.0. The molecule has 0 N–H and O–H groups in total. The van der Waals surface area contributed by atoms with Gasteiger partial charge in [0.2, 0.25) is 0 Å². The molecule has 2 nitrogen and oxygen atoms in total. The van der Waals surface area contributed by atoms with Crippen LogP contribution in [0.15, 0.2) is 42.0 Å². The van der Waals surface area contributed by atoms with Crippen LogP contribution >= 0.6 is 0 Å². The molecule has 0 bridgehead atoms. The summed E-state index contributed by atoms with van der Waals surface area (Å²) in [4.78, 5) is 11.3. The minimum absolute atomic E-state index is 0.225. The molecule has 1 aromatic carbocycles. The molecule has 0 radical (unpaired) electrons. The maximum absolute atomic E-state index is 11.3. The van der Waals surface area contributed by atoms with Crippen LogP contribution in [0.1, 0.15) is 32.3 Å². The maximum Gasteiger partial charge on any atom is 0.330 e. The van der Waals surface area contributed by atoms with Crippen LogP contribution in [-0.4, -0.2) is 12.6 Å². The van der Waals surface area contributed by atoms with E-state index in [0.717, 1.165) is 24.8 Å². The quantitative estimate of drug-likeness (QED) is 0.554. The monoisotopic (exact) mass is 232 g/mol. The predicted molar refractivity (Wildman–Crippen MR) is 69.8 cm³/mol. The Balaban J connectivity index is 2.50. The second-order valence-electron chi connectivity index (χ2n) is 3.89. The van der Waals surface area contributed by atoms with E-state index < -0.39 is 0 Å². The van der Waals surface area contributed by atoms with Crippen molar-refractivity contribution in [2.75, 3.05) is 6.61 Å². The van der Waals surface area contributed by atoms with Gasteiger partial charge in [0.05, 0.1) is 6.61 Å². The average Bonchev–Trinajstić information content (AvgIpc) is 2.36. The predicted octanol–water partition coefficient (Wildman–Crippen LogP) is 3.52. The Morgan fingerprint density at radius 2 is 1.94 bits per heavy atom. The SMILES string of the molecule is CCOC(=O)/C=C(/CC)CCc1ccccc1. The van der Waals surface area contributed by atoms with Gasteiger partial charge in [0.15, 0.2) is 0 Å². The molecule has 0 aliphatic heterocycles. The zero-order valence-corrected chi connectivity index (χ0v) is 10.6. The Labute approximate surface area is 103 Å². The van der Waals surface area contributed by atoms with Gasteiger partial charge in [-0.25, -0.2) is 4.79 Å². The fraction of sp³-hybridized carbons (Fsp3) is 0.400. The van der Waals surface area contributed by atoms with Crippen molar-refractivity contribution in [3.63, 3.8) is 0 Å². The number of benzene rings is 1. The van der Waals surface area contributed by atoms with E-state index in [0.29, 0.717) is 6.61 Å². The fourth-order valence-electron chi connectivity index (χ4n) is 1.65. The summed E-state index contributed by atoms with van der Waals surface area (Å²) in [5, 5.41) is 0. The number of allylic oxidation sites excluding steroid dienone is 1. The largest absolute Gasteiger partial charge is 0.463 e. The van der Waals surface area contributed by atoms with Crippen LogP contribution in [0.4, 0.5) is 0 Å². The molecule has 17 heavy (non-hydrogen) atoms. The van der Waals surface area contributed by atoms with Crippen molar-refractivity contribution in [3.8, 4) is 0 Å². The van der Waals surface area contributed by atoms with E-state index in [1.165, 1.54) is 5.56 Å². The zero-order valence-electron chi connectivity index (χ0n) is 10.6. The maximum atomic E-state index is 11.3. The number of hydrogen-bond donors (Lipinski definition) is 0. The summed E-state index contributed by atoms with van der Waals surface area (Å²) >= 11 is 0. The van der Waals surface area contributed by atoms with E-state index in [1.807, 2.05) is 25.1 Å². The van der Waals surface area contributed by atoms with Crippen molar-refractivity contribution in [2.24, 2.45) is 0 Å². The van der Waals surface area contributed by atoms with E-state index in [1.54, 1.807) is 6.08 Å². The van der Waals surface area contributed by atoms with E-state index in [4.69, 9.17) is 4.74 Å². The Kier molecular flexibility index (Phi) is 6.08. The van der Waals surface area contributed by atoms with Gasteiger partial charge in [0.25, 0.3) is 0 Å². The number of carbonyl (C=O) groups is 1. The first-order valence-electron chi connectivity index (χ1n) is 6.16. The second-order valence-corrected chi connectivity index (χ2v) is 3.89. The van der Waals surface area contributed by atoms with Crippen LogP contribution < -0.4 is 0 Å². The lowest BCUT2D eigenvalue weighted by Crippen LogP contribution is -2.01. The molecular weight excluding hydrogens is 212 g/mol. The molecule has 0 heterocycles. The molecule has 0 amide bonds. The van der Waals surface area contributed by atoms with E-state index in [9.17, 15) is 4.79 Å². The molecule has 1 rings (SSSR count). The third-order valence-electron chi connectivity index (χ3n) is 2.64. The van der Waals surface area contributed by atoms with E-state index in [-0.39, 0.29) is 5.97 Å². The molecule has 1 aromatic rings. The lowest BCUT2D eigenvalue weighted by Gasteiger charge is -2.05. The summed E-state index contributed by atoms with van der Waals surface area (Å²) in [5.41, 5.74) is 2.45. The molecule has 0 aliphatic rings. The Bertz CT molecular complexity index is 366. The summed E-state index contributed by atoms with van der Waals surface area (Å²) in [7, 11) is 0. The highest BCUT2D eigenvalue weighted by atomic mass is 16.5. The highest BCUT2D eigenvalue weighted by molar-refractivity contribution is 5.82. The highest BCUT2D eigenvalue weighted by Crippen LogP contribution is 2.12. The van der Waals surface area contributed by atoms with Crippen molar-refractivity contribution in [3.05, 3.63) is 47.5 Å². The zero-order chi connectivity index (χ0) is 12.5. The molecule has 0 unspecified atom stereocenters. The fourth-order valence-corrected chi connectivity index (χ4v) is 1.65. The summed E-state index contributed by atoms with van der Waals surface area (Å²) in [6, 6.07) is 10.3. The van der Waals surface area contributed by atoms with Crippen molar-refractivity contribution in [1.29, 1.82) is 0 Å². The van der Waals surface area contributed by atoms with Crippen molar-refractivity contribution < 1.29 is 9.53 Å². The molecule has 0 saturated carbocycles. The summed E-state index contributed by atoms with van der Waals surface area (Å²) in [5.74, 6) is -0.225. The number of aryl methyl sites for hydroxylation is 1. The van der Waals surface area contributed by atoms with Crippen LogP contribution in [0.2, 0.25) is 0 Å². The van der Waals surface area contributed by atoms with Crippen molar-refractivity contribution in [1.82, 2.24) is 0 Å². The second kappa shape index (κ2) is 7.66. The smallest absolute Gasteiger partial charge is 0.330 e. The van der Waals surface area contributed by atoms with Crippen LogP contribution in [0, 0.1) is 0 Å². The number of esters is 1. The van der Waals surface area contributed by atoms with Crippen LogP contribution in [0.3, 0.4) is 0 Å². The number of ether oxygens (including phenoxy) is 1. The van der Waals surface area contributed by atoms with Crippen molar-refractivity contribution >= 4 is 5.97 Å². The normalized spacial score (nSPS) is 11.3. The molecule has 92 valence electrons.